The number of nitrogens with zero attached hydrogens (tertiary/aromatic N) is 1. The van der Waals surface area contributed by atoms with Crippen molar-refractivity contribution in [3.8, 4) is 11.8 Å². The molecule has 4 rings (SSSR count). The van der Waals surface area contributed by atoms with Crippen LogP contribution in [0.3, 0.4) is 0 Å². The number of nitrogens with one attached hydrogen (secondary N) is 1. The average Bonchev–Trinajstić information content (AvgIpc) is 3.20. The fourth-order valence-corrected chi connectivity index (χ4v) is 4.57. The van der Waals surface area contributed by atoms with Crippen molar-refractivity contribution in [1.29, 1.82) is 5.26 Å². The third kappa shape index (κ3) is 3.32. The third-order valence-corrected chi connectivity index (χ3v) is 5.79. The zero-order valence-electron chi connectivity index (χ0n) is 14.6. The molecule has 1 N–H and O–H groups in total. The van der Waals surface area contributed by atoms with Crippen LogP contribution in [0.1, 0.15) is 28.0 Å². The van der Waals surface area contributed by atoms with E-state index < -0.39 is 5.63 Å². The van der Waals surface area contributed by atoms with Gasteiger partial charge in [-0.05, 0) is 49.4 Å². The van der Waals surface area contributed by atoms with E-state index >= 15 is 0 Å². The highest BCUT2D eigenvalue weighted by Gasteiger charge is 2.23. The van der Waals surface area contributed by atoms with E-state index in [-0.39, 0.29) is 12.5 Å². The van der Waals surface area contributed by atoms with Gasteiger partial charge in [-0.15, -0.1) is 11.3 Å². The van der Waals surface area contributed by atoms with Crippen LogP contribution in [0.2, 0.25) is 0 Å². The van der Waals surface area contributed by atoms with Crippen LogP contribution in [0, 0.1) is 18.3 Å². The second-order valence-corrected chi connectivity index (χ2v) is 7.52. The van der Waals surface area contributed by atoms with Gasteiger partial charge >= 0.3 is 5.63 Å². The van der Waals surface area contributed by atoms with E-state index in [1.807, 2.05) is 6.92 Å². The highest BCUT2D eigenvalue weighted by molar-refractivity contribution is 7.16. The number of hydrogen-bond donors (Lipinski definition) is 1. The predicted octanol–water partition coefficient (Wildman–Crippen LogP) is 3.54. The Labute approximate surface area is 159 Å². The molecule has 0 unspecified atom stereocenters. The minimum atomic E-state index is -0.426. The van der Waals surface area contributed by atoms with Crippen molar-refractivity contribution in [3.05, 3.63) is 56.3 Å². The molecule has 0 saturated heterocycles. The standard InChI is InChI=1S/C20H16N2O4S/c1-11-7-19(24)26-16-8-12(5-6-13(11)16)25-10-18(23)22-20-15(9-21)14-3-2-4-17(14)27-20/h5-8H,2-4,10H2,1H3,(H,22,23). The number of thiophene rings is 1. The van der Waals surface area contributed by atoms with Crippen molar-refractivity contribution in [2.75, 3.05) is 11.9 Å². The number of nitriles is 1. The number of carbonyl (C=O) groups is 1. The Morgan fingerprint density at radius 2 is 2.22 bits per heavy atom. The number of benzene rings is 1. The Hall–Kier alpha value is -3.11. The molecule has 0 saturated carbocycles. The van der Waals surface area contributed by atoms with E-state index in [0.717, 1.165) is 35.8 Å². The van der Waals surface area contributed by atoms with E-state index in [4.69, 9.17) is 9.15 Å². The number of fused-ring (bicyclic) bond motifs is 2. The first-order chi connectivity index (χ1) is 13.0. The molecule has 7 heteroatoms. The van der Waals surface area contributed by atoms with Gasteiger partial charge in [0.1, 0.15) is 22.4 Å². The van der Waals surface area contributed by atoms with Gasteiger partial charge in [-0.2, -0.15) is 5.26 Å². The summed E-state index contributed by atoms with van der Waals surface area (Å²) in [5.41, 5.74) is 2.45. The van der Waals surface area contributed by atoms with Crippen LogP contribution in [-0.2, 0) is 17.6 Å². The Balaban J connectivity index is 1.46. The number of aryl methyl sites for hydroxylation is 2. The van der Waals surface area contributed by atoms with Gasteiger partial charge < -0.3 is 14.5 Å². The van der Waals surface area contributed by atoms with Crippen molar-refractivity contribution >= 4 is 33.2 Å². The monoisotopic (exact) mass is 380 g/mol. The molecule has 27 heavy (non-hydrogen) atoms. The van der Waals surface area contributed by atoms with Crippen LogP contribution < -0.4 is 15.7 Å². The summed E-state index contributed by atoms with van der Waals surface area (Å²) in [7, 11) is 0. The molecule has 0 radical (unpaired) electrons. The highest BCUT2D eigenvalue weighted by atomic mass is 32.1. The first kappa shape index (κ1) is 17.3. The second kappa shape index (κ2) is 6.89. The molecule has 1 amide bonds. The first-order valence-corrected chi connectivity index (χ1v) is 9.38. The largest absolute Gasteiger partial charge is 0.484 e. The zero-order chi connectivity index (χ0) is 19.0. The van der Waals surface area contributed by atoms with Gasteiger partial charge in [0, 0.05) is 22.4 Å². The molecule has 1 aliphatic rings. The lowest BCUT2D eigenvalue weighted by Crippen LogP contribution is -2.20. The molecule has 2 aromatic heterocycles. The molecule has 0 spiro atoms. The summed E-state index contributed by atoms with van der Waals surface area (Å²) in [6.07, 6.45) is 2.91. The van der Waals surface area contributed by atoms with Gasteiger partial charge in [0.25, 0.3) is 5.91 Å². The number of hydrogen-bond acceptors (Lipinski definition) is 6. The maximum Gasteiger partial charge on any atom is 0.336 e. The first-order valence-electron chi connectivity index (χ1n) is 8.57. The average molecular weight is 380 g/mol. The molecule has 2 heterocycles. The minimum absolute atomic E-state index is 0.199. The van der Waals surface area contributed by atoms with E-state index in [1.165, 1.54) is 22.3 Å². The number of amides is 1. The van der Waals surface area contributed by atoms with Crippen molar-refractivity contribution in [2.45, 2.75) is 26.2 Å². The lowest BCUT2D eigenvalue weighted by Gasteiger charge is -2.08. The molecule has 3 aromatic rings. The van der Waals surface area contributed by atoms with E-state index in [1.54, 1.807) is 18.2 Å². The molecule has 1 aliphatic carbocycles. The van der Waals surface area contributed by atoms with Crippen LogP contribution in [0.15, 0.2) is 33.5 Å². The maximum absolute atomic E-state index is 12.2. The molecular formula is C20H16N2O4S. The lowest BCUT2D eigenvalue weighted by molar-refractivity contribution is -0.118. The highest BCUT2D eigenvalue weighted by Crippen LogP contribution is 2.38. The Bertz CT molecular complexity index is 1150. The molecule has 0 bridgehead atoms. The minimum Gasteiger partial charge on any atom is -0.484 e. The Morgan fingerprint density at radius 1 is 1.37 bits per heavy atom. The fraction of sp³-hybridized carbons (Fsp3) is 0.250. The maximum atomic E-state index is 12.2. The van der Waals surface area contributed by atoms with Crippen LogP contribution in [0.4, 0.5) is 5.00 Å². The van der Waals surface area contributed by atoms with Gasteiger partial charge in [-0.1, -0.05) is 0 Å². The van der Waals surface area contributed by atoms with Gasteiger partial charge in [-0.3, -0.25) is 4.79 Å². The van der Waals surface area contributed by atoms with Crippen LogP contribution in [0.5, 0.6) is 5.75 Å². The Morgan fingerprint density at radius 3 is 3.04 bits per heavy atom. The number of carbonyl (C=O) groups excluding carboxylic acids is 1. The summed E-state index contributed by atoms with van der Waals surface area (Å²) < 4.78 is 10.7. The SMILES string of the molecule is Cc1cc(=O)oc2cc(OCC(=O)Nc3sc4c(c3C#N)CCC4)ccc12. The van der Waals surface area contributed by atoms with Crippen LogP contribution >= 0.6 is 11.3 Å². The molecule has 6 nitrogen and oxygen atoms in total. The lowest BCUT2D eigenvalue weighted by atomic mass is 10.1. The number of ether oxygens (including phenoxy) is 1. The summed E-state index contributed by atoms with van der Waals surface area (Å²) in [5.74, 6) is 0.0952. The smallest absolute Gasteiger partial charge is 0.336 e. The number of anilines is 1. The zero-order valence-corrected chi connectivity index (χ0v) is 15.4. The predicted molar refractivity (Wildman–Crippen MR) is 102 cm³/mol. The molecule has 136 valence electrons. The van der Waals surface area contributed by atoms with Gasteiger partial charge in [0.05, 0.1) is 5.56 Å². The molecular weight excluding hydrogens is 364 g/mol. The van der Waals surface area contributed by atoms with E-state index in [9.17, 15) is 14.9 Å². The van der Waals surface area contributed by atoms with Crippen molar-refractivity contribution < 1.29 is 13.9 Å². The topological polar surface area (TPSA) is 92.3 Å². The normalized spacial score (nSPS) is 12.6. The van der Waals surface area contributed by atoms with Crippen molar-refractivity contribution in [2.24, 2.45) is 0 Å². The molecule has 1 aromatic carbocycles. The van der Waals surface area contributed by atoms with Gasteiger partial charge in [-0.25, -0.2) is 4.79 Å². The summed E-state index contributed by atoms with van der Waals surface area (Å²) in [6.45, 7) is 1.63. The third-order valence-electron chi connectivity index (χ3n) is 4.58. The van der Waals surface area contributed by atoms with Crippen LogP contribution in [-0.4, -0.2) is 12.5 Å². The van der Waals surface area contributed by atoms with Crippen LogP contribution in [0.25, 0.3) is 11.0 Å². The summed E-state index contributed by atoms with van der Waals surface area (Å²) in [4.78, 5) is 24.9. The van der Waals surface area contributed by atoms with Crippen molar-refractivity contribution in [3.63, 3.8) is 0 Å². The Kier molecular flexibility index (Phi) is 4.42. The summed E-state index contributed by atoms with van der Waals surface area (Å²) in [6, 6.07) is 8.74. The van der Waals surface area contributed by atoms with Gasteiger partial charge in [0.15, 0.2) is 6.61 Å². The summed E-state index contributed by atoms with van der Waals surface area (Å²) >= 11 is 1.47. The molecule has 0 atom stereocenters. The fourth-order valence-electron chi connectivity index (χ4n) is 3.32. The second-order valence-electron chi connectivity index (χ2n) is 6.42. The van der Waals surface area contributed by atoms with E-state index in [0.29, 0.717) is 21.9 Å². The molecule has 0 aliphatic heterocycles. The van der Waals surface area contributed by atoms with Crippen molar-refractivity contribution in [1.82, 2.24) is 0 Å². The number of rotatable bonds is 4. The molecule has 0 fully saturated rings. The van der Waals surface area contributed by atoms with Gasteiger partial charge in [0.2, 0.25) is 0 Å². The van der Waals surface area contributed by atoms with E-state index in [2.05, 4.69) is 11.4 Å². The quantitative estimate of drug-likeness (QED) is 0.699. The summed E-state index contributed by atoms with van der Waals surface area (Å²) in [5, 5.41) is 13.6.